The first-order chi connectivity index (χ1) is 8.67. The summed E-state index contributed by atoms with van der Waals surface area (Å²) in [5, 5.41) is 14.5. The zero-order valence-electron chi connectivity index (χ0n) is 10.2. The lowest BCUT2D eigenvalue weighted by Gasteiger charge is -2.16. The van der Waals surface area contributed by atoms with E-state index in [1.54, 1.807) is 6.07 Å². The van der Waals surface area contributed by atoms with Crippen LogP contribution in [-0.2, 0) is 6.42 Å². The SMILES string of the molecule is CCc1occc1C(=O)NC(/C(N)=N/O)C1CC1. The lowest BCUT2D eigenvalue weighted by Crippen LogP contribution is -2.46. The van der Waals surface area contributed by atoms with Crippen molar-refractivity contribution in [1.29, 1.82) is 0 Å². The van der Waals surface area contributed by atoms with Crippen molar-refractivity contribution < 1.29 is 14.4 Å². The Labute approximate surface area is 105 Å². The van der Waals surface area contributed by atoms with E-state index in [-0.39, 0.29) is 17.7 Å². The molecule has 1 aromatic heterocycles. The molecular weight excluding hydrogens is 234 g/mol. The van der Waals surface area contributed by atoms with Crippen LogP contribution in [0, 0.1) is 5.92 Å². The maximum atomic E-state index is 12.1. The van der Waals surface area contributed by atoms with Crippen molar-refractivity contribution in [2.45, 2.75) is 32.2 Å². The summed E-state index contributed by atoms with van der Waals surface area (Å²) in [4.78, 5) is 12.1. The third-order valence-corrected chi connectivity index (χ3v) is 3.13. The van der Waals surface area contributed by atoms with E-state index in [4.69, 9.17) is 15.4 Å². The molecule has 6 nitrogen and oxygen atoms in total. The summed E-state index contributed by atoms with van der Waals surface area (Å²) >= 11 is 0. The second-order valence-corrected chi connectivity index (χ2v) is 4.42. The Morgan fingerprint density at radius 1 is 1.72 bits per heavy atom. The summed E-state index contributed by atoms with van der Waals surface area (Å²) in [6.07, 6.45) is 4.09. The van der Waals surface area contributed by atoms with E-state index in [0.29, 0.717) is 17.7 Å². The van der Waals surface area contributed by atoms with Crippen LogP contribution in [0.2, 0.25) is 0 Å². The summed E-state index contributed by atoms with van der Waals surface area (Å²) < 4.78 is 5.21. The lowest BCUT2D eigenvalue weighted by molar-refractivity contribution is 0.0941. The van der Waals surface area contributed by atoms with Gasteiger partial charge in [-0.2, -0.15) is 0 Å². The minimum atomic E-state index is -0.401. The fraction of sp³-hybridized carbons (Fsp3) is 0.500. The number of hydrogen-bond acceptors (Lipinski definition) is 4. The molecule has 1 heterocycles. The van der Waals surface area contributed by atoms with E-state index in [9.17, 15) is 4.79 Å². The number of aryl methyl sites for hydroxylation is 1. The molecule has 1 amide bonds. The van der Waals surface area contributed by atoms with Crippen LogP contribution in [0.25, 0.3) is 0 Å². The molecule has 4 N–H and O–H groups in total. The molecule has 0 saturated heterocycles. The number of furan rings is 1. The molecule has 0 radical (unpaired) electrons. The van der Waals surface area contributed by atoms with Crippen LogP contribution >= 0.6 is 0 Å². The second-order valence-electron chi connectivity index (χ2n) is 4.42. The van der Waals surface area contributed by atoms with Crippen LogP contribution < -0.4 is 11.1 Å². The quantitative estimate of drug-likeness (QED) is 0.315. The number of amides is 1. The van der Waals surface area contributed by atoms with Gasteiger partial charge in [0.2, 0.25) is 0 Å². The maximum absolute atomic E-state index is 12.1. The van der Waals surface area contributed by atoms with Crippen LogP contribution in [0.1, 0.15) is 35.9 Å². The predicted molar refractivity (Wildman–Crippen MR) is 65.5 cm³/mol. The van der Waals surface area contributed by atoms with Crippen molar-refractivity contribution >= 4 is 11.7 Å². The third kappa shape index (κ3) is 2.47. The maximum Gasteiger partial charge on any atom is 0.255 e. The molecule has 1 aromatic rings. The zero-order chi connectivity index (χ0) is 13.1. The van der Waals surface area contributed by atoms with Gasteiger partial charge in [0, 0.05) is 6.42 Å². The van der Waals surface area contributed by atoms with Gasteiger partial charge in [0.25, 0.3) is 5.91 Å². The minimum absolute atomic E-state index is 0.0485. The van der Waals surface area contributed by atoms with Crippen molar-refractivity contribution in [3.05, 3.63) is 23.7 Å². The van der Waals surface area contributed by atoms with E-state index in [1.165, 1.54) is 6.26 Å². The van der Waals surface area contributed by atoms with Crippen LogP contribution in [0.15, 0.2) is 21.9 Å². The molecule has 18 heavy (non-hydrogen) atoms. The van der Waals surface area contributed by atoms with Gasteiger partial charge in [-0.3, -0.25) is 4.79 Å². The minimum Gasteiger partial charge on any atom is -0.469 e. The van der Waals surface area contributed by atoms with Crippen molar-refractivity contribution in [3.63, 3.8) is 0 Å². The Morgan fingerprint density at radius 2 is 2.44 bits per heavy atom. The van der Waals surface area contributed by atoms with Crippen molar-refractivity contribution in [1.82, 2.24) is 5.32 Å². The summed E-state index contributed by atoms with van der Waals surface area (Å²) in [5.74, 6) is 0.708. The molecule has 0 spiro atoms. The standard InChI is InChI=1S/C12H17N3O3/c1-2-9-8(5-6-18-9)12(16)14-10(7-3-4-7)11(13)15-17/h5-7,10,17H,2-4H2,1H3,(H2,13,15)(H,14,16). The lowest BCUT2D eigenvalue weighted by atomic mass is 10.1. The van der Waals surface area contributed by atoms with E-state index < -0.39 is 6.04 Å². The number of carbonyl (C=O) groups is 1. The summed E-state index contributed by atoms with van der Waals surface area (Å²) in [5.41, 5.74) is 6.10. The van der Waals surface area contributed by atoms with E-state index in [1.807, 2.05) is 6.92 Å². The van der Waals surface area contributed by atoms with Gasteiger partial charge in [-0.15, -0.1) is 0 Å². The molecule has 1 atom stereocenters. The van der Waals surface area contributed by atoms with Crippen molar-refractivity contribution in [2.75, 3.05) is 0 Å². The van der Waals surface area contributed by atoms with E-state index >= 15 is 0 Å². The molecule has 98 valence electrons. The number of carbonyl (C=O) groups excluding carboxylic acids is 1. The molecule has 1 fully saturated rings. The highest BCUT2D eigenvalue weighted by molar-refractivity contribution is 5.99. The molecule has 1 aliphatic rings. The number of rotatable bonds is 5. The van der Waals surface area contributed by atoms with E-state index in [2.05, 4.69) is 10.5 Å². The molecule has 1 saturated carbocycles. The first-order valence-corrected chi connectivity index (χ1v) is 6.02. The molecule has 0 aliphatic heterocycles. The number of nitrogens with two attached hydrogens (primary N) is 1. The van der Waals surface area contributed by atoms with Crippen molar-refractivity contribution in [3.8, 4) is 0 Å². The van der Waals surface area contributed by atoms with Crippen LogP contribution in [0.4, 0.5) is 0 Å². The average molecular weight is 251 g/mol. The van der Waals surface area contributed by atoms with Crippen molar-refractivity contribution in [2.24, 2.45) is 16.8 Å². The summed E-state index contributed by atoms with van der Waals surface area (Å²) in [6.45, 7) is 1.91. The highest BCUT2D eigenvalue weighted by atomic mass is 16.4. The number of oxime groups is 1. The molecular formula is C12H17N3O3. The van der Waals surface area contributed by atoms with Gasteiger partial charge >= 0.3 is 0 Å². The Bertz CT molecular complexity index is 463. The van der Waals surface area contributed by atoms with Crippen LogP contribution in [0.3, 0.4) is 0 Å². The number of amidine groups is 1. The van der Waals surface area contributed by atoms with Gasteiger partial charge < -0.3 is 20.7 Å². The van der Waals surface area contributed by atoms with Crippen LogP contribution in [0.5, 0.6) is 0 Å². The first-order valence-electron chi connectivity index (χ1n) is 6.02. The number of nitrogens with one attached hydrogen (secondary N) is 1. The van der Waals surface area contributed by atoms with Gasteiger partial charge in [0.1, 0.15) is 5.76 Å². The smallest absolute Gasteiger partial charge is 0.255 e. The van der Waals surface area contributed by atoms with Gasteiger partial charge in [-0.1, -0.05) is 12.1 Å². The zero-order valence-corrected chi connectivity index (χ0v) is 10.2. The van der Waals surface area contributed by atoms with Gasteiger partial charge in [-0.05, 0) is 24.8 Å². The molecule has 0 aromatic carbocycles. The van der Waals surface area contributed by atoms with Crippen LogP contribution in [-0.4, -0.2) is 23.0 Å². The monoisotopic (exact) mass is 251 g/mol. The first kappa shape index (κ1) is 12.5. The van der Waals surface area contributed by atoms with Gasteiger partial charge in [-0.25, -0.2) is 0 Å². The highest BCUT2D eigenvalue weighted by Crippen LogP contribution is 2.33. The Balaban J connectivity index is 2.10. The van der Waals surface area contributed by atoms with Gasteiger partial charge in [0.05, 0.1) is 17.9 Å². The predicted octanol–water partition coefficient (Wildman–Crippen LogP) is 1.10. The molecule has 0 bridgehead atoms. The summed E-state index contributed by atoms with van der Waals surface area (Å²) in [7, 11) is 0. The Kier molecular flexibility index (Phi) is 3.55. The fourth-order valence-corrected chi connectivity index (χ4v) is 1.96. The Hall–Kier alpha value is -1.98. The topological polar surface area (TPSA) is 101 Å². The highest BCUT2D eigenvalue weighted by Gasteiger charge is 2.35. The third-order valence-electron chi connectivity index (χ3n) is 3.13. The molecule has 1 unspecified atom stereocenters. The molecule has 2 rings (SSSR count). The largest absolute Gasteiger partial charge is 0.469 e. The fourth-order valence-electron chi connectivity index (χ4n) is 1.96. The average Bonchev–Trinajstić information content (AvgIpc) is 3.11. The molecule has 1 aliphatic carbocycles. The van der Waals surface area contributed by atoms with Gasteiger partial charge in [0.15, 0.2) is 5.84 Å². The van der Waals surface area contributed by atoms with E-state index in [0.717, 1.165) is 12.8 Å². The Morgan fingerprint density at radius 3 is 3.00 bits per heavy atom. The molecule has 6 heteroatoms. The summed E-state index contributed by atoms with van der Waals surface area (Å²) in [6, 6.07) is 1.23. The second kappa shape index (κ2) is 5.12. The number of nitrogens with zero attached hydrogens (tertiary/aromatic N) is 1. The number of hydrogen-bond donors (Lipinski definition) is 3. The normalized spacial score (nSPS) is 17.5.